The molecule has 2 aromatic carbocycles. The standard InChI is InChI=1S/C16H18ClN3O2/c1-20(2)15-9-14(12(17)8-13(15)18)19-16(21)10-5-4-6-11(7-10)22-3/h4-9H,18H2,1-3H3,(H,19,21). The minimum absolute atomic E-state index is 0.268. The van der Waals surface area contributed by atoms with Gasteiger partial charge in [-0.15, -0.1) is 0 Å². The molecule has 0 fully saturated rings. The van der Waals surface area contributed by atoms with Gasteiger partial charge in [-0.1, -0.05) is 17.7 Å². The van der Waals surface area contributed by atoms with Gasteiger partial charge in [0.15, 0.2) is 0 Å². The number of nitrogens with two attached hydrogens (primary N) is 1. The van der Waals surface area contributed by atoms with Gasteiger partial charge in [-0.2, -0.15) is 0 Å². The lowest BCUT2D eigenvalue weighted by Crippen LogP contribution is -2.15. The Bertz CT molecular complexity index is 702. The van der Waals surface area contributed by atoms with E-state index >= 15 is 0 Å². The van der Waals surface area contributed by atoms with Gasteiger partial charge in [0.1, 0.15) is 5.75 Å². The number of ether oxygens (including phenoxy) is 1. The van der Waals surface area contributed by atoms with Crippen LogP contribution in [-0.4, -0.2) is 27.1 Å². The second kappa shape index (κ2) is 6.58. The second-order valence-corrected chi connectivity index (χ2v) is 5.38. The molecule has 0 aliphatic heterocycles. The fourth-order valence-electron chi connectivity index (χ4n) is 2.02. The molecule has 0 atom stereocenters. The number of nitrogen functional groups attached to an aromatic ring is 1. The summed E-state index contributed by atoms with van der Waals surface area (Å²) in [5, 5.41) is 3.18. The van der Waals surface area contributed by atoms with Crippen molar-refractivity contribution in [2.75, 3.05) is 37.2 Å². The van der Waals surface area contributed by atoms with Crippen molar-refractivity contribution >= 4 is 34.6 Å². The van der Waals surface area contributed by atoms with Gasteiger partial charge in [-0.25, -0.2) is 0 Å². The Morgan fingerprint density at radius 1 is 1.27 bits per heavy atom. The summed E-state index contributed by atoms with van der Waals surface area (Å²) < 4.78 is 5.12. The van der Waals surface area contributed by atoms with Crippen LogP contribution in [0, 0.1) is 0 Å². The van der Waals surface area contributed by atoms with Gasteiger partial charge in [0.25, 0.3) is 5.91 Å². The van der Waals surface area contributed by atoms with Crippen molar-refractivity contribution in [3.05, 3.63) is 47.0 Å². The number of methoxy groups -OCH3 is 1. The van der Waals surface area contributed by atoms with Crippen LogP contribution in [0.5, 0.6) is 5.75 Å². The summed E-state index contributed by atoms with van der Waals surface area (Å²) in [6, 6.07) is 10.3. The first kappa shape index (κ1) is 16.0. The van der Waals surface area contributed by atoms with E-state index in [1.54, 1.807) is 43.5 Å². The molecule has 2 aromatic rings. The molecule has 22 heavy (non-hydrogen) atoms. The average Bonchev–Trinajstić information content (AvgIpc) is 2.49. The van der Waals surface area contributed by atoms with Crippen molar-refractivity contribution in [2.24, 2.45) is 0 Å². The first-order valence-corrected chi connectivity index (χ1v) is 7.02. The number of hydrogen-bond acceptors (Lipinski definition) is 4. The van der Waals surface area contributed by atoms with Crippen molar-refractivity contribution in [2.45, 2.75) is 0 Å². The molecule has 0 heterocycles. The van der Waals surface area contributed by atoms with Crippen LogP contribution in [-0.2, 0) is 0 Å². The van der Waals surface area contributed by atoms with Gasteiger partial charge in [-0.3, -0.25) is 4.79 Å². The van der Waals surface area contributed by atoms with Crippen LogP contribution in [0.15, 0.2) is 36.4 Å². The molecule has 0 saturated carbocycles. The highest BCUT2D eigenvalue weighted by molar-refractivity contribution is 6.34. The summed E-state index contributed by atoms with van der Waals surface area (Å²) >= 11 is 6.16. The molecule has 0 aromatic heterocycles. The number of benzene rings is 2. The Hall–Kier alpha value is -2.40. The SMILES string of the molecule is COc1cccc(C(=O)Nc2cc(N(C)C)c(N)cc2Cl)c1. The smallest absolute Gasteiger partial charge is 0.255 e. The van der Waals surface area contributed by atoms with E-state index in [1.807, 2.05) is 19.0 Å². The lowest BCUT2D eigenvalue weighted by Gasteiger charge is -2.18. The summed E-state index contributed by atoms with van der Waals surface area (Å²) in [5.74, 6) is 0.348. The van der Waals surface area contributed by atoms with Crippen molar-refractivity contribution in [1.82, 2.24) is 0 Å². The predicted octanol–water partition coefficient (Wildman–Crippen LogP) is 3.25. The number of anilines is 3. The molecule has 0 radical (unpaired) electrons. The Labute approximate surface area is 134 Å². The molecule has 0 saturated heterocycles. The van der Waals surface area contributed by atoms with Gasteiger partial charge in [0.05, 0.1) is 29.2 Å². The van der Waals surface area contributed by atoms with Crippen LogP contribution in [0.2, 0.25) is 5.02 Å². The molecule has 2 rings (SSSR count). The minimum atomic E-state index is -0.268. The number of carbonyl (C=O) groups is 1. The van der Waals surface area contributed by atoms with Crippen LogP contribution < -0.4 is 20.7 Å². The first-order valence-electron chi connectivity index (χ1n) is 6.64. The van der Waals surface area contributed by atoms with Crippen LogP contribution in [0.1, 0.15) is 10.4 Å². The molecule has 0 aliphatic rings. The number of nitrogens with zero attached hydrogens (tertiary/aromatic N) is 1. The number of carbonyl (C=O) groups excluding carboxylic acids is 1. The van der Waals surface area contributed by atoms with E-state index in [4.69, 9.17) is 22.1 Å². The monoisotopic (exact) mass is 319 g/mol. The molecule has 0 aliphatic carbocycles. The zero-order valence-electron chi connectivity index (χ0n) is 12.7. The highest BCUT2D eigenvalue weighted by Gasteiger charge is 2.12. The molecule has 5 nitrogen and oxygen atoms in total. The highest BCUT2D eigenvalue weighted by atomic mass is 35.5. The molecule has 116 valence electrons. The van der Waals surface area contributed by atoms with Crippen molar-refractivity contribution in [1.29, 1.82) is 0 Å². The number of nitrogens with one attached hydrogen (secondary N) is 1. The second-order valence-electron chi connectivity index (χ2n) is 4.97. The Morgan fingerprint density at radius 3 is 2.64 bits per heavy atom. The normalized spacial score (nSPS) is 10.2. The minimum Gasteiger partial charge on any atom is -0.497 e. The van der Waals surface area contributed by atoms with Crippen molar-refractivity contribution in [3.8, 4) is 5.75 Å². The number of amides is 1. The third kappa shape index (κ3) is 3.43. The maximum atomic E-state index is 12.3. The highest BCUT2D eigenvalue weighted by Crippen LogP contribution is 2.32. The first-order chi connectivity index (χ1) is 10.4. The van der Waals surface area contributed by atoms with Crippen molar-refractivity contribution in [3.63, 3.8) is 0 Å². The molecule has 3 N–H and O–H groups in total. The van der Waals surface area contributed by atoms with Crippen molar-refractivity contribution < 1.29 is 9.53 Å². The summed E-state index contributed by atoms with van der Waals surface area (Å²) in [6.07, 6.45) is 0. The summed E-state index contributed by atoms with van der Waals surface area (Å²) in [5.41, 5.74) is 8.24. The third-order valence-corrected chi connectivity index (χ3v) is 3.49. The van der Waals surface area contributed by atoms with Gasteiger partial charge in [0, 0.05) is 19.7 Å². The van der Waals surface area contributed by atoms with E-state index < -0.39 is 0 Å². The average molecular weight is 320 g/mol. The maximum absolute atomic E-state index is 12.3. The summed E-state index contributed by atoms with van der Waals surface area (Å²) in [7, 11) is 5.29. The molecule has 0 unspecified atom stereocenters. The van der Waals surface area contributed by atoms with Gasteiger partial charge >= 0.3 is 0 Å². The lowest BCUT2D eigenvalue weighted by molar-refractivity contribution is 0.102. The molecular weight excluding hydrogens is 302 g/mol. The molecule has 1 amide bonds. The maximum Gasteiger partial charge on any atom is 0.255 e. The third-order valence-electron chi connectivity index (χ3n) is 3.18. The van der Waals surface area contributed by atoms with Gasteiger partial charge < -0.3 is 20.7 Å². The Kier molecular flexibility index (Phi) is 4.78. The van der Waals surface area contributed by atoms with Crippen LogP contribution in [0.3, 0.4) is 0 Å². The predicted molar refractivity (Wildman–Crippen MR) is 91.1 cm³/mol. The van der Waals surface area contributed by atoms with E-state index in [2.05, 4.69) is 5.32 Å². The summed E-state index contributed by atoms with van der Waals surface area (Å²) in [6.45, 7) is 0. The van der Waals surface area contributed by atoms with E-state index in [0.29, 0.717) is 27.7 Å². The zero-order chi connectivity index (χ0) is 16.3. The largest absolute Gasteiger partial charge is 0.497 e. The molecule has 0 bridgehead atoms. The Morgan fingerprint density at radius 2 is 2.00 bits per heavy atom. The van der Waals surface area contributed by atoms with E-state index in [0.717, 1.165) is 5.69 Å². The molecular formula is C16H18ClN3O2. The lowest BCUT2D eigenvalue weighted by atomic mass is 10.2. The van der Waals surface area contributed by atoms with Gasteiger partial charge in [0.2, 0.25) is 0 Å². The zero-order valence-corrected chi connectivity index (χ0v) is 13.4. The fourth-order valence-corrected chi connectivity index (χ4v) is 2.24. The van der Waals surface area contributed by atoms with Crippen LogP contribution in [0.25, 0.3) is 0 Å². The molecule has 6 heteroatoms. The van der Waals surface area contributed by atoms with Crippen LogP contribution >= 0.6 is 11.6 Å². The van der Waals surface area contributed by atoms with Crippen LogP contribution in [0.4, 0.5) is 17.1 Å². The number of halogens is 1. The molecule has 0 spiro atoms. The quantitative estimate of drug-likeness (QED) is 0.849. The topological polar surface area (TPSA) is 67.6 Å². The van der Waals surface area contributed by atoms with E-state index in [-0.39, 0.29) is 5.91 Å². The fraction of sp³-hybridized carbons (Fsp3) is 0.188. The summed E-state index contributed by atoms with van der Waals surface area (Å²) in [4.78, 5) is 14.2. The van der Waals surface area contributed by atoms with Gasteiger partial charge in [-0.05, 0) is 30.3 Å². The Balaban J connectivity index is 2.29. The number of hydrogen-bond donors (Lipinski definition) is 2. The number of rotatable bonds is 4. The van der Waals surface area contributed by atoms with E-state index in [1.165, 1.54) is 0 Å². The van der Waals surface area contributed by atoms with E-state index in [9.17, 15) is 4.79 Å².